The normalized spacial score (nSPS) is 18.9. The smallest absolute Gasteiger partial charge is 0.429 e. The fourth-order valence-corrected chi connectivity index (χ4v) is 6.18. The van der Waals surface area contributed by atoms with Gasteiger partial charge in [-0.2, -0.15) is 23.1 Å². The van der Waals surface area contributed by atoms with Crippen molar-refractivity contribution in [3.8, 4) is 22.8 Å². The molecular weight excluding hydrogens is 622 g/mol. The molecular formula is C30H32Cl2F3N5O4. The van der Waals surface area contributed by atoms with Crippen molar-refractivity contribution in [1.82, 2.24) is 15.3 Å². The van der Waals surface area contributed by atoms with E-state index in [1.165, 1.54) is 30.3 Å². The van der Waals surface area contributed by atoms with Crippen molar-refractivity contribution in [2.45, 2.75) is 57.5 Å². The molecule has 1 aromatic heterocycles. The summed E-state index contributed by atoms with van der Waals surface area (Å²) < 4.78 is 55.2. The van der Waals surface area contributed by atoms with Gasteiger partial charge in [0.15, 0.2) is 0 Å². The number of hydrogen-bond acceptors (Lipinski definition) is 8. The van der Waals surface area contributed by atoms with Gasteiger partial charge in [0.1, 0.15) is 17.6 Å². The van der Waals surface area contributed by atoms with Crippen molar-refractivity contribution >= 4 is 40.9 Å². The Kier molecular flexibility index (Phi) is 9.06. The summed E-state index contributed by atoms with van der Waals surface area (Å²) >= 11 is 12.6. The van der Waals surface area contributed by atoms with Gasteiger partial charge < -0.3 is 30.5 Å². The molecule has 3 aromatic rings. The maximum Gasteiger partial charge on any atom is 0.429 e. The Balaban J connectivity index is 1.42. The van der Waals surface area contributed by atoms with Crippen LogP contribution in [0.5, 0.6) is 11.6 Å². The second-order valence-electron chi connectivity index (χ2n) is 11.5. The van der Waals surface area contributed by atoms with Gasteiger partial charge in [-0.15, -0.1) is 0 Å². The largest absolute Gasteiger partial charge is 0.489 e. The number of halogens is 5. The van der Waals surface area contributed by atoms with Gasteiger partial charge in [0, 0.05) is 36.3 Å². The highest BCUT2D eigenvalue weighted by atomic mass is 35.5. The average molecular weight is 655 g/mol. The number of nitrogens with two attached hydrogens (primary N) is 1. The lowest BCUT2D eigenvalue weighted by atomic mass is 9.76. The van der Waals surface area contributed by atoms with Crippen molar-refractivity contribution in [2.24, 2.45) is 5.41 Å². The highest BCUT2D eigenvalue weighted by Gasteiger charge is 2.46. The van der Waals surface area contributed by atoms with Gasteiger partial charge in [0.2, 0.25) is 17.9 Å². The Morgan fingerprint density at radius 2 is 1.84 bits per heavy atom. The topological polar surface area (TPSA) is 123 Å². The first-order valence-corrected chi connectivity index (χ1v) is 14.8. The molecule has 2 aliphatic heterocycles. The van der Waals surface area contributed by atoms with E-state index in [0.29, 0.717) is 56.0 Å². The molecule has 9 nitrogen and oxygen atoms in total. The number of hydrogen-bond donors (Lipinski definition) is 3. The number of nitrogens with one attached hydrogen (secondary N) is 1. The van der Waals surface area contributed by atoms with E-state index in [4.69, 9.17) is 38.4 Å². The number of rotatable bonds is 8. The molecule has 0 aliphatic carbocycles. The molecule has 5 rings (SSSR count). The van der Waals surface area contributed by atoms with Gasteiger partial charge in [-0.3, -0.25) is 4.79 Å². The number of nitrogen functional groups attached to an aromatic ring is 1. The van der Waals surface area contributed by atoms with Crippen LogP contribution in [0.2, 0.25) is 10.0 Å². The number of ether oxygens (including phenoxy) is 2. The highest BCUT2D eigenvalue weighted by Crippen LogP contribution is 2.44. The SMILES string of the molecule is CC(C)Oc1ccc(-c2cc(Cl)ccc2[C@@H](Oc2cc(N3CCC4(CC3)CN[C@H](C(=O)O)C4)nc(N)n2)C(F)(F)F)cc1Cl. The number of piperidine rings is 1. The van der Waals surface area contributed by atoms with Crippen LogP contribution in [-0.4, -0.2) is 59.0 Å². The van der Waals surface area contributed by atoms with Crippen LogP contribution in [0.1, 0.15) is 44.8 Å². The third-order valence-corrected chi connectivity index (χ3v) is 8.48. The molecule has 0 radical (unpaired) electrons. The monoisotopic (exact) mass is 653 g/mol. The molecule has 2 atom stereocenters. The van der Waals surface area contributed by atoms with E-state index in [1.54, 1.807) is 12.1 Å². The molecule has 0 bridgehead atoms. The zero-order chi connectivity index (χ0) is 31.8. The molecule has 4 N–H and O–H groups in total. The van der Waals surface area contributed by atoms with Gasteiger partial charge in [-0.1, -0.05) is 35.3 Å². The van der Waals surface area contributed by atoms with Gasteiger partial charge in [-0.25, -0.2) is 0 Å². The van der Waals surface area contributed by atoms with Crippen molar-refractivity contribution in [3.63, 3.8) is 0 Å². The van der Waals surface area contributed by atoms with Gasteiger partial charge in [-0.05, 0) is 73.9 Å². The van der Waals surface area contributed by atoms with E-state index in [-0.39, 0.29) is 44.5 Å². The first kappa shape index (κ1) is 31.9. The molecule has 0 amide bonds. The Labute approximate surface area is 262 Å². The molecule has 236 valence electrons. The summed E-state index contributed by atoms with van der Waals surface area (Å²) in [6.45, 7) is 5.30. The van der Waals surface area contributed by atoms with Crippen molar-refractivity contribution in [3.05, 3.63) is 58.1 Å². The zero-order valence-corrected chi connectivity index (χ0v) is 25.5. The quantitative estimate of drug-likeness (QED) is 0.249. The molecule has 2 aliphatic rings. The van der Waals surface area contributed by atoms with Gasteiger partial charge in [0.25, 0.3) is 0 Å². The second kappa shape index (κ2) is 12.5. The molecule has 2 fully saturated rings. The molecule has 0 unspecified atom stereocenters. The van der Waals surface area contributed by atoms with E-state index >= 15 is 0 Å². The number of aliphatic carboxylic acids is 1. The molecule has 0 saturated carbocycles. The Morgan fingerprint density at radius 1 is 1.11 bits per heavy atom. The first-order chi connectivity index (χ1) is 20.7. The second-order valence-corrected chi connectivity index (χ2v) is 12.3. The molecule has 2 aromatic carbocycles. The number of carboxylic acid groups (broad SMARTS) is 1. The van der Waals surface area contributed by atoms with Crippen LogP contribution in [0.3, 0.4) is 0 Å². The number of carboxylic acids is 1. The van der Waals surface area contributed by atoms with E-state index in [0.717, 1.165) is 0 Å². The number of nitrogens with zero attached hydrogens (tertiary/aromatic N) is 3. The van der Waals surface area contributed by atoms with Crippen LogP contribution < -0.4 is 25.4 Å². The molecule has 2 saturated heterocycles. The lowest BCUT2D eigenvalue weighted by Crippen LogP contribution is -2.41. The first-order valence-electron chi connectivity index (χ1n) is 14.1. The summed E-state index contributed by atoms with van der Waals surface area (Å²) in [4.78, 5) is 21.5. The third kappa shape index (κ3) is 7.08. The zero-order valence-electron chi connectivity index (χ0n) is 24.0. The molecule has 44 heavy (non-hydrogen) atoms. The highest BCUT2D eigenvalue weighted by molar-refractivity contribution is 6.32. The Morgan fingerprint density at radius 3 is 2.45 bits per heavy atom. The average Bonchev–Trinajstić information content (AvgIpc) is 3.36. The molecule has 1 spiro atoms. The van der Waals surface area contributed by atoms with Gasteiger partial charge >= 0.3 is 12.1 Å². The molecule has 14 heteroatoms. The van der Waals surface area contributed by atoms with Crippen molar-refractivity contribution in [1.29, 1.82) is 0 Å². The number of benzene rings is 2. The number of anilines is 2. The fraction of sp³-hybridized carbons (Fsp3) is 0.433. The van der Waals surface area contributed by atoms with Crippen LogP contribution in [0.15, 0.2) is 42.5 Å². The summed E-state index contributed by atoms with van der Waals surface area (Å²) in [6, 6.07) is 9.51. The lowest BCUT2D eigenvalue weighted by molar-refractivity contribution is -0.198. The third-order valence-electron chi connectivity index (χ3n) is 7.95. The summed E-state index contributed by atoms with van der Waals surface area (Å²) in [5, 5.41) is 12.9. The lowest BCUT2D eigenvalue weighted by Gasteiger charge is -2.39. The van der Waals surface area contributed by atoms with Crippen molar-refractivity contribution in [2.75, 3.05) is 30.3 Å². The summed E-state index contributed by atoms with van der Waals surface area (Å²) in [5.74, 6) is -0.735. The summed E-state index contributed by atoms with van der Waals surface area (Å²) in [7, 11) is 0. The van der Waals surface area contributed by atoms with Crippen molar-refractivity contribution < 1.29 is 32.5 Å². The number of aromatic nitrogens is 2. The minimum absolute atomic E-state index is 0.150. The van der Waals surface area contributed by atoms with Crippen LogP contribution in [0.25, 0.3) is 11.1 Å². The van der Waals surface area contributed by atoms with E-state index in [2.05, 4.69) is 15.3 Å². The number of carbonyl (C=O) groups is 1. The maximum atomic E-state index is 14.7. The van der Waals surface area contributed by atoms with E-state index in [1.807, 2.05) is 18.7 Å². The maximum absolute atomic E-state index is 14.7. The Bertz CT molecular complexity index is 1530. The minimum atomic E-state index is -4.85. The predicted molar refractivity (Wildman–Crippen MR) is 161 cm³/mol. The van der Waals surface area contributed by atoms with Crippen LogP contribution in [-0.2, 0) is 4.79 Å². The summed E-state index contributed by atoms with van der Waals surface area (Å²) in [6.07, 6.45) is -5.53. The van der Waals surface area contributed by atoms with E-state index in [9.17, 15) is 23.1 Å². The molecule has 3 heterocycles. The summed E-state index contributed by atoms with van der Waals surface area (Å²) in [5.41, 5.74) is 6.13. The Hall–Kier alpha value is -3.48. The fourth-order valence-electron chi connectivity index (χ4n) is 5.79. The van der Waals surface area contributed by atoms with E-state index < -0.39 is 24.3 Å². The standard InChI is InChI=1S/C30H32Cl2F3N5O4/c1-16(2)43-23-6-3-17(11-21(23)32)20-12-18(31)4-5-19(20)26(30(33,34)35)44-25-13-24(38-28(36)39-25)40-9-7-29(8-10-40)14-22(27(41)42)37-15-29/h3-6,11-13,16,22,26,37H,7-10,14-15H2,1-2H3,(H,41,42)(H2,36,38,39)/t22-,26+/m0/s1. The van der Waals surface area contributed by atoms with Gasteiger partial charge in [0.05, 0.1) is 11.1 Å². The van der Waals surface area contributed by atoms with Crippen LogP contribution >= 0.6 is 23.2 Å². The van der Waals surface area contributed by atoms with Crippen LogP contribution in [0.4, 0.5) is 24.9 Å². The number of alkyl halides is 3. The predicted octanol–water partition coefficient (Wildman–Crippen LogP) is 6.54. The minimum Gasteiger partial charge on any atom is -0.489 e. The van der Waals surface area contributed by atoms with Crippen LogP contribution in [0, 0.1) is 5.41 Å².